The van der Waals surface area contributed by atoms with Crippen molar-refractivity contribution < 1.29 is 13.2 Å². The predicted octanol–water partition coefficient (Wildman–Crippen LogP) is 1.74. The van der Waals surface area contributed by atoms with Crippen LogP contribution in [0.3, 0.4) is 0 Å². The van der Waals surface area contributed by atoms with E-state index >= 15 is 0 Å². The first-order valence-electron chi connectivity index (χ1n) is 8.60. The third-order valence-corrected chi connectivity index (χ3v) is 6.20. The Hall–Kier alpha value is -2.48. The summed E-state index contributed by atoms with van der Waals surface area (Å²) >= 11 is 0. The normalized spacial score (nSPS) is 18.4. The number of nitrogens with one attached hydrogen (secondary N) is 1. The van der Waals surface area contributed by atoms with Crippen molar-refractivity contribution in [2.45, 2.75) is 25.9 Å². The number of anilines is 1. The molecule has 0 radical (unpaired) electrons. The van der Waals surface area contributed by atoms with Crippen molar-refractivity contribution in [2.75, 3.05) is 23.4 Å². The summed E-state index contributed by atoms with van der Waals surface area (Å²) < 4.78 is 23.4. The highest BCUT2D eigenvalue weighted by Crippen LogP contribution is 2.20. The van der Waals surface area contributed by atoms with E-state index in [-0.39, 0.29) is 29.1 Å². The van der Waals surface area contributed by atoms with Crippen molar-refractivity contribution >= 4 is 21.6 Å². The summed E-state index contributed by atoms with van der Waals surface area (Å²) in [6, 6.07) is 11.2. The van der Waals surface area contributed by atoms with E-state index in [0.29, 0.717) is 25.3 Å². The van der Waals surface area contributed by atoms with Gasteiger partial charge in [-0.05, 0) is 18.9 Å². The van der Waals surface area contributed by atoms with E-state index in [2.05, 4.69) is 15.3 Å². The van der Waals surface area contributed by atoms with Gasteiger partial charge in [-0.2, -0.15) is 0 Å². The number of hydrogen-bond acceptors (Lipinski definition) is 6. The summed E-state index contributed by atoms with van der Waals surface area (Å²) in [5.74, 6) is 0.452. The molecule has 1 aliphatic rings. The number of carbonyl (C=O) groups is 1. The zero-order chi connectivity index (χ0) is 18.6. The molecule has 3 rings (SSSR count). The molecule has 8 heteroatoms. The van der Waals surface area contributed by atoms with Gasteiger partial charge in [-0.15, -0.1) is 0 Å². The van der Waals surface area contributed by atoms with Gasteiger partial charge in [0.2, 0.25) is 0 Å². The number of sulfone groups is 1. The van der Waals surface area contributed by atoms with Gasteiger partial charge < -0.3 is 10.2 Å². The van der Waals surface area contributed by atoms with E-state index in [9.17, 15) is 13.2 Å². The summed E-state index contributed by atoms with van der Waals surface area (Å²) in [6.45, 7) is 2.87. The second-order valence-corrected chi connectivity index (χ2v) is 8.50. The largest absolute Gasteiger partial charge is 0.366 e. The molecule has 26 heavy (non-hydrogen) atoms. The van der Waals surface area contributed by atoms with E-state index in [4.69, 9.17) is 0 Å². The Balaban J connectivity index is 1.71. The molecule has 0 saturated carbocycles. The second-order valence-electron chi connectivity index (χ2n) is 6.28. The molecule has 1 amide bonds. The van der Waals surface area contributed by atoms with Gasteiger partial charge in [0, 0.05) is 25.2 Å². The highest BCUT2D eigenvalue weighted by atomic mass is 32.2. The molecule has 1 aliphatic heterocycles. The van der Waals surface area contributed by atoms with Crippen LogP contribution in [0.5, 0.6) is 0 Å². The van der Waals surface area contributed by atoms with Crippen LogP contribution in [0.4, 0.5) is 5.82 Å². The molecule has 2 aromatic rings. The lowest BCUT2D eigenvalue weighted by Gasteiger charge is -2.26. The number of carbonyl (C=O) groups excluding carboxylic acids is 1. The molecule has 0 aliphatic carbocycles. The molecule has 1 fully saturated rings. The highest BCUT2D eigenvalue weighted by Gasteiger charge is 2.34. The van der Waals surface area contributed by atoms with Gasteiger partial charge in [0.25, 0.3) is 5.91 Å². The number of rotatable bonds is 6. The fourth-order valence-corrected chi connectivity index (χ4v) is 4.83. The van der Waals surface area contributed by atoms with Crippen molar-refractivity contribution in [2.24, 2.45) is 0 Å². The predicted molar refractivity (Wildman–Crippen MR) is 99.6 cm³/mol. The van der Waals surface area contributed by atoms with Crippen LogP contribution in [0.2, 0.25) is 0 Å². The molecule has 1 atom stereocenters. The molecule has 1 saturated heterocycles. The monoisotopic (exact) mass is 374 g/mol. The third kappa shape index (κ3) is 4.37. The molecule has 7 nitrogen and oxygen atoms in total. The number of benzene rings is 1. The van der Waals surface area contributed by atoms with Crippen molar-refractivity contribution in [3.8, 4) is 0 Å². The standard InChI is InChI=1S/C18H22N4O3S/c1-2-22(15-8-9-26(24,25)12-15)18(23)16-10-17(21-13-20-16)19-11-14-6-4-3-5-7-14/h3-7,10,13,15H,2,8-9,11-12H2,1H3,(H,19,20,21). The van der Waals surface area contributed by atoms with Crippen molar-refractivity contribution in [1.29, 1.82) is 0 Å². The molecule has 1 aromatic heterocycles. The maximum absolute atomic E-state index is 12.8. The second kappa shape index (κ2) is 7.82. The molecular formula is C18H22N4O3S. The molecule has 0 spiro atoms. The third-order valence-electron chi connectivity index (χ3n) is 4.45. The minimum Gasteiger partial charge on any atom is -0.366 e. The highest BCUT2D eigenvalue weighted by molar-refractivity contribution is 7.91. The molecule has 1 unspecified atom stereocenters. The van der Waals surface area contributed by atoms with Crippen molar-refractivity contribution in [3.63, 3.8) is 0 Å². The Bertz CT molecular complexity index is 871. The summed E-state index contributed by atoms with van der Waals surface area (Å²) in [5, 5.41) is 3.18. The van der Waals surface area contributed by atoms with Crippen LogP contribution in [0.15, 0.2) is 42.7 Å². The van der Waals surface area contributed by atoms with Gasteiger partial charge in [-0.3, -0.25) is 4.79 Å². The summed E-state index contributed by atoms with van der Waals surface area (Å²) in [5.41, 5.74) is 1.37. The van der Waals surface area contributed by atoms with Crippen LogP contribution >= 0.6 is 0 Å². The van der Waals surface area contributed by atoms with Crippen molar-refractivity contribution in [3.05, 3.63) is 54.0 Å². The maximum Gasteiger partial charge on any atom is 0.272 e. The Morgan fingerprint density at radius 3 is 2.69 bits per heavy atom. The first-order chi connectivity index (χ1) is 12.5. The SMILES string of the molecule is CCN(C(=O)c1cc(NCc2ccccc2)ncn1)C1CCS(=O)(=O)C1. The van der Waals surface area contributed by atoms with Gasteiger partial charge in [0.15, 0.2) is 9.84 Å². The lowest BCUT2D eigenvalue weighted by Crippen LogP contribution is -2.41. The topological polar surface area (TPSA) is 92.3 Å². The lowest BCUT2D eigenvalue weighted by molar-refractivity contribution is 0.0702. The van der Waals surface area contributed by atoms with Crippen LogP contribution in [0.25, 0.3) is 0 Å². The van der Waals surface area contributed by atoms with E-state index < -0.39 is 9.84 Å². The minimum atomic E-state index is -3.05. The van der Waals surface area contributed by atoms with Crippen LogP contribution in [-0.2, 0) is 16.4 Å². The quantitative estimate of drug-likeness (QED) is 0.828. The zero-order valence-corrected chi connectivity index (χ0v) is 15.4. The Kier molecular flexibility index (Phi) is 5.51. The average molecular weight is 374 g/mol. The molecule has 138 valence electrons. The zero-order valence-electron chi connectivity index (χ0n) is 14.6. The van der Waals surface area contributed by atoms with Crippen LogP contribution in [0.1, 0.15) is 29.4 Å². The fourth-order valence-electron chi connectivity index (χ4n) is 3.10. The summed E-state index contributed by atoms with van der Waals surface area (Å²) in [4.78, 5) is 22.6. The van der Waals surface area contributed by atoms with Crippen LogP contribution < -0.4 is 5.32 Å². The number of aromatic nitrogens is 2. The first kappa shape index (κ1) is 18.3. The van der Waals surface area contributed by atoms with Gasteiger partial charge in [0.05, 0.1) is 11.5 Å². The molecular weight excluding hydrogens is 352 g/mol. The lowest BCUT2D eigenvalue weighted by atomic mass is 10.2. The van der Waals surface area contributed by atoms with Gasteiger partial charge >= 0.3 is 0 Å². The summed E-state index contributed by atoms with van der Waals surface area (Å²) in [7, 11) is -3.05. The Morgan fingerprint density at radius 1 is 1.27 bits per heavy atom. The summed E-state index contributed by atoms with van der Waals surface area (Å²) in [6.07, 6.45) is 1.83. The van der Waals surface area contributed by atoms with E-state index in [0.717, 1.165) is 5.56 Å². The van der Waals surface area contributed by atoms with Crippen molar-refractivity contribution in [1.82, 2.24) is 14.9 Å². The van der Waals surface area contributed by atoms with E-state index in [1.54, 1.807) is 11.0 Å². The first-order valence-corrected chi connectivity index (χ1v) is 10.4. The van der Waals surface area contributed by atoms with Gasteiger partial charge in [0.1, 0.15) is 17.8 Å². The fraction of sp³-hybridized carbons (Fsp3) is 0.389. The Labute approximate surface area is 153 Å². The van der Waals surface area contributed by atoms with Crippen LogP contribution in [0, 0.1) is 0 Å². The van der Waals surface area contributed by atoms with E-state index in [1.165, 1.54) is 6.33 Å². The smallest absolute Gasteiger partial charge is 0.272 e. The van der Waals surface area contributed by atoms with Gasteiger partial charge in [-0.1, -0.05) is 30.3 Å². The molecule has 0 bridgehead atoms. The number of amides is 1. The maximum atomic E-state index is 12.8. The Morgan fingerprint density at radius 2 is 2.04 bits per heavy atom. The number of hydrogen-bond donors (Lipinski definition) is 1. The average Bonchev–Trinajstić information content (AvgIpc) is 3.01. The van der Waals surface area contributed by atoms with Crippen LogP contribution in [-0.4, -0.2) is 53.3 Å². The minimum absolute atomic E-state index is 0.0246. The molecule has 1 aromatic carbocycles. The molecule has 2 heterocycles. The molecule has 1 N–H and O–H groups in total. The number of nitrogens with zero attached hydrogens (tertiary/aromatic N) is 3. The van der Waals surface area contributed by atoms with E-state index in [1.807, 2.05) is 37.3 Å². The van der Waals surface area contributed by atoms with Gasteiger partial charge in [-0.25, -0.2) is 18.4 Å².